The van der Waals surface area contributed by atoms with Gasteiger partial charge in [0.05, 0.1) is 6.54 Å². The summed E-state index contributed by atoms with van der Waals surface area (Å²) in [5, 5.41) is 3.12. The largest absolute Gasteiger partial charge is 0.354 e. The Kier molecular flexibility index (Phi) is 5.19. The lowest BCUT2D eigenvalue weighted by Crippen LogP contribution is -2.41. The van der Waals surface area contributed by atoms with Gasteiger partial charge in [0.1, 0.15) is 0 Å². The quantitative estimate of drug-likeness (QED) is 0.888. The minimum absolute atomic E-state index is 0.0912. The maximum absolute atomic E-state index is 12.3. The van der Waals surface area contributed by atoms with Crippen molar-refractivity contribution in [3.05, 3.63) is 35.9 Å². The second-order valence-corrected chi connectivity index (χ2v) is 7.06. The monoisotopic (exact) mass is 329 g/mol. The highest BCUT2D eigenvalue weighted by molar-refractivity contribution is 5.78. The van der Waals surface area contributed by atoms with Crippen LogP contribution in [-0.2, 0) is 15.0 Å². The number of carbonyl (C=O) groups excluding carboxylic acids is 2. The van der Waals surface area contributed by atoms with Gasteiger partial charge >= 0.3 is 0 Å². The van der Waals surface area contributed by atoms with E-state index in [1.165, 1.54) is 5.56 Å². The summed E-state index contributed by atoms with van der Waals surface area (Å²) in [4.78, 5) is 27.8. The highest BCUT2D eigenvalue weighted by Gasteiger charge is 2.44. The molecule has 1 heterocycles. The zero-order valence-corrected chi connectivity index (χ0v) is 14.5. The molecule has 1 N–H and O–H groups in total. The first-order valence-electron chi connectivity index (χ1n) is 8.89. The Balaban J connectivity index is 1.46. The van der Waals surface area contributed by atoms with Gasteiger partial charge in [-0.2, -0.15) is 0 Å². The fraction of sp³-hybridized carbons (Fsp3) is 0.579. The van der Waals surface area contributed by atoms with Crippen LogP contribution in [0.5, 0.6) is 0 Å². The van der Waals surface area contributed by atoms with Gasteiger partial charge in [-0.15, -0.1) is 0 Å². The average Bonchev–Trinajstić information content (AvgIpc) is 3.39. The molecule has 1 aliphatic carbocycles. The number of hydrogen-bond acceptors (Lipinski definition) is 3. The first-order valence-corrected chi connectivity index (χ1v) is 8.89. The predicted molar refractivity (Wildman–Crippen MR) is 93.7 cm³/mol. The van der Waals surface area contributed by atoms with E-state index in [1.807, 2.05) is 11.0 Å². The molecule has 0 unspecified atom stereocenters. The Morgan fingerprint density at radius 2 is 1.83 bits per heavy atom. The molecule has 2 amide bonds. The minimum atomic E-state index is 0.0912. The molecule has 0 bridgehead atoms. The van der Waals surface area contributed by atoms with E-state index in [4.69, 9.17) is 0 Å². The van der Waals surface area contributed by atoms with Crippen LogP contribution in [0.3, 0.4) is 0 Å². The van der Waals surface area contributed by atoms with Crippen molar-refractivity contribution >= 4 is 11.8 Å². The first kappa shape index (κ1) is 17.0. The second-order valence-electron chi connectivity index (χ2n) is 7.06. The Bertz CT molecular complexity index is 584. The van der Waals surface area contributed by atoms with Crippen molar-refractivity contribution in [1.29, 1.82) is 0 Å². The molecular formula is C19H27N3O2. The highest BCUT2D eigenvalue weighted by Crippen LogP contribution is 2.47. The molecule has 0 radical (unpaired) electrons. The van der Waals surface area contributed by atoms with E-state index in [2.05, 4.69) is 34.5 Å². The number of benzene rings is 1. The van der Waals surface area contributed by atoms with Crippen molar-refractivity contribution in [2.45, 2.75) is 31.6 Å². The number of rotatable bonds is 5. The molecule has 130 valence electrons. The maximum atomic E-state index is 12.3. The first-order chi connectivity index (χ1) is 11.6. The van der Waals surface area contributed by atoms with Gasteiger partial charge in [0, 0.05) is 45.1 Å². The molecule has 1 aromatic rings. The van der Waals surface area contributed by atoms with Gasteiger partial charge in [-0.1, -0.05) is 30.3 Å². The highest BCUT2D eigenvalue weighted by atomic mass is 16.2. The summed E-state index contributed by atoms with van der Waals surface area (Å²) >= 11 is 0. The number of nitrogens with zero attached hydrogens (tertiary/aromatic N) is 2. The van der Waals surface area contributed by atoms with Crippen molar-refractivity contribution in [2.24, 2.45) is 0 Å². The van der Waals surface area contributed by atoms with Crippen LogP contribution in [0.2, 0.25) is 0 Å². The SMILES string of the molecule is CC(=O)N1CCCN(CC(=O)NCC2(c3ccccc3)CC2)CC1. The van der Waals surface area contributed by atoms with E-state index < -0.39 is 0 Å². The average molecular weight is 329 g/mol. The van der Waals surface area contributed by atoms with Gasteiger partial charge in [-0.05, 0) is 24.8 Å². The standard InChI is InChI=1S/C19H27N3O2/c1-16(23)22-11-5-10-21(12-13-22)14-18(24)20-15-19(8-9-19)17-6-3-2-4-7-17/h2-4,6-7H,5,8-15H2,1H3,(H,20,24). The Labute approximate surface area is 144 Å². The third kappa shape index (κ3) is 4.15. The number of nitrogens with one attached hydrogen (secondary N) is 1. The van der Waals surface area contributed by atoms with Crippen molar-refractivity contribution in [3.8, 4) is 0 Å². The van der Waals surface area contributed by atoms with Gasteiger partial charge in [0.15, 0.2) is 0 Å². The van der Waals surface area contributed by atoms with Crippen LogP contribution >= 0.6 is 0 Å². The summed E-state index contributed by atoms with van der Waals surface area (Å²) in [6, 6.07) is 10.5. The molecule has 5 nitrogen and oxygen atoms in total. The molecule has 1 saturated heterocycles. The zero-order valence-electron chi connectivity index (χ0n) is 14.5. The van der Waals surface area contributed by atoms with Crippen molar-refractivity contribution in [1.82, 2.24) is 15.1 Å². The molecule has 2 fully saturated rings. The summed E-state index contributed by atoms with van der Waals surface area (Å²) in [5.74, 6) is 0.216. The molecule has 1 saturated carbocycles. The lowest BCUT2D eigenvalue weighted by atomic mass is 9.96. The minimum Gasteiger partial charge on any atom is -0.354 e. The lowest BCUT2D eigenvalue weighted by Gasteiger charge is -2.22. The molecule has 0 spiro atoms. The molecule has 5 heteroatoms. The van der Waals surface area contributed by atoms with Crippen LogP contribution < -0.4 is 5.32 Å². The summed E-state index contributed by atoms with van der Waals surface area (Å²) in [5.41, 5.74) is 1.48. The zero-order chi connectivity index (χ0) is 17.0. The van der Waals surface area contributed by atoms with E-state index in [0.29, 0.717) is 6.54 Å². The Morgan fingerprint density at radius 1 is 1.08 bits per heavy atom. The van der Waals surface area contributed by atoms with Crippen LogP contribution in [0.25, 0.3) is 0 Å². The van der Waals surface area contributed by atoms with Gasteiger partial charge in [-0.25, -0.2) is 0 Å². The molecule has 1 aromatic carbocycles. The lowest BCUT2D eigenvalue weighted by molar-refractivity contribution is -0.128. The molecule has 24 heavy (non-hydrogen) atoms. The Morgan fingerprint density at radius 3 is 2.50 bits per heavy atom. The third-order valence-electron chi connectivity index (χ3n) is 5.26. The van der Waals surface area contributed by atoms with E-state index in [1.54, 1.807) is 6.92 Å². The molecule has 0 aromatic heterocycles. The number of carbonyl (C=O) groups is 2. The van der Waals surface area contributed by atoms with Crippen molar-refractivity contribution < 1.29 is 9.59 Å². The molecule has 2 aliphatic rings. The molecule has 0 atom stereocenters. The van der Waals surface area contributed by atoms with E-state index in [0.717, 1.165) is 52.0 Å². The smallest absolute Gasteiger partial charge is 0.234 e. The van der Waals surface area contributed by atoms with Crippen LogP contribution in [0, 0.1) is 0 Å². The summed E-state index contributed by atoms with van der Waals surface area (Å²) in [6.45, 7) is 5.93. The maximum Gasteiger partial charge on any atom is 0.234 e. The van der Waals surface area contributed by atoms with E-state index in [9.17, 15) is 9.59 Å². The predicted octanol–water partition coefficient (Wildman–Crippen LogP) is 1.39. The topological polar surface area (TPSA) is 52.7 Å². The Hall–Kier alpha value is -1.88. The van der Waals surface area contributed by atoms with Crippen LogP contribution in [0.1, 0.15) is 31.7 Å². The number of amides is 2. The normalized spacial score (nSPS) is 20.3. The number of hydrogen-bond donors (Lipinski definition) is 1. The van der Waals surface area contributed by atoms with E-state index >= 15 is 0 Å². The summed E-state index contributed by atoms with van der Waals surface area (Å²) in [7, 11) is 0. The van der Waals surface area contributed by atoms with Gasteiger partial charge in [0.25, 0.3) is 0 Å². The van der Waals surface area contributed by atoms with Gasteiger partial charge in [-0.3, -0.25) is 14.5 Å². The van der Waals surface area contributed by atoms with Crippen LogP contribution in [-0.4, -0.2) is 60.9 Å². The molecular weight excluding hydrogens is 302 g/mol. The van der Waals surface area contributed by atoms with Crippen molar-refractivity contribution in [2.75, 3.05) is 39.3 Å². The van der Waals surface area contributed by atoms with Crippen LogP contribution in [0.15, 0.2) is 30.3 Å². The summed E-state index contributed by atoms with van der Waals surface area (Å²) in [6.07, 6.45) is 3.23. The fourth-order valence-electron chi connectivity index (χ4n) is 3.48. The van der Waals surface area contributed by atoms with Crippen molar-refractivity contribution in [3.63, 3.8) is 0 Å². The molecule has 1 aliphatic heterocycles. The van der Waals surface area contributed by atoms with Gasteiger partial charge < -0.3 is 10.2 Å². The van der Waals surface area contributed by atoms with E-state index in [-0.39, 0.29) is 17.2 Å². The molecule has 3 rings (SSSR count). The third-order valence-corrected chi connectivity index (χ3v) is 5.26. The second kappa shape index (κ2) is 7.34. The van der Waals surface area contributed by atoms with Gasteiger partial charge in [0.2, 0.25) is 11.8 Å². The van der Waals surface area contributed by atoms with Crippen LogP contribution in [0.4, 0.5) is 0 Å². The fourth-order valence-corrected chi connectivity index (χ4v) is 3.48. The summed E-state index contributed by atoms with van der Waals surface area (Å²) < 4.78 is 0.